The van der Waals surface area contributed by atoms with E-state index in [9.17, 15) is 12.8 Å². The molecule has 6 heteroatoms. The molecule has 0 atom stereocenters. The normalized spacial score (nSPS) is 11.5. The molecule has 0 saturated heterocycles. The number of sulfonamides is 1. The zero-order valence-corrected chi connectivity index (χ0v) is 13.7. The lowest BCUT2D eigenvalue weighted by Gasteiger charge is -2.12. The van der Waals surface area contributed by atoms with Crippen molar-refractivity contribution < 1.29 is 12.8 Å². The summed E-state index contributed by atoms with van der Waals surface area (Å²) in [5.74, 6) is -0.444. The molecule has 0 aliphatic rings. The van der Waals surface area contributed by atoms with Crippen LogP contribution >= 0.6 is 15.9 Å². The van der Waals surface area contributed by atoms with Crippen LogP contribution < -0.4 is 4.72 Å². The molecule has 3 aromatic rings. The molecule has 0 fully saturated rings. The van der Waals surface area contributed by atoms with Crippen molar-refractivity contribution in [2.24, 2.45) is 0 Å². The van der Waals surface area contributed by atoms with Gasteiger partial charge < -0.3 is 0 Å². The molecule has 1 N–H and O–H groups in total. The highest BCUT2D eigenvalue weighted by molar-refractivity contribution is 9.10. The molecule has 0 amide bonds. The van der Waals surface area contributed by atoms with Gasteiger partial charge in [0.2, 0.25) is 0 Å². The van der Waals surface area contributed by atoms with Crippen molar-refractivity contribution in [3.05, 3.63) is 71.0 Å². The maximum Gasteiger partial charge on any atom is 0.262 e. The average Bonchev–Trinajstić information content (AvgIpc) is 2.49. The number of fused-ring (bicyclic) bond motifs is 1. The number of hydrogen-bond acceptors (Lipinski definition) is 2. The van der Waals surface area contributed by atoms with Crippen LogP contribution in [0.1, 0.15) is 0 Å². The zero-order chi connectivity index (χ0) is 15.7. The van der Waals surface area contributed by atoms with E-state index in [4.69, 9.17) is 0 Å². The quantitative estimate of drug-likeness (QED) is 0.725. The fourth-order valence-corrected chi connectivity index (χ4v) is 4.09. The van der Waals surface area contributed by atoms with E-state index < -0.39 is 15.8 Å². The summed E-state index contributed by atoms with van der Waals surface area (Å²) in [5, 5.41) is 1.47. The van der Waals surface area contributed by atoms with Crippen molar-refractivity contribution in [1.82, 2.24) is 0 Å². The second-order valence-electron chi connectivity index (χ2n) is 4.71. The van der Waals surface area contributed by atoms with E-state index >= 15 is 0 Å². The Morgan fingerprint density at radius 1 is 0.955 bits per heavy atom. The van der Waals surface area contributed by atoms with Crippen LogP contribution in [-0.4, -0.2) is 8.42 Å². The van der Waals surface area contributed by atoms with E-state index in [2.05, 4.69) is 20.7 Å². The van der Waals surface area contributed by atoms with E-state index in [1.165, 1.54) is 18.2 Å². The summed E-state index contributed by atoms with van der Waals surface area (Å²) in [6.07, 6.45) is 0. The van der Waals surface area contributed by atoms with Crippen molar-refractivity contribution in [3.63, 3.8) is 0 Å². The van der Waals surface area contributed by atoms with Gasteiger partial charge in [-0.25, -0.2) is 12.8 Å². The van der Waals surface area contributed by atoms with Crippen LogP contribution in [-0.2, 0) is 10.0 Å². The molecule has 3 rings (SSSR count). The van der Waals surface area contributed by atoms with E-state index in [0.717, 1.165) is 5.39 Å². The summed E-state index contributed by atoms with van der Waals surface area (Å²) in [5.41, 5.74) is 0.286. The lowest BCUT2D eigenvalue weighted by molar-refractivity contribution is 0.601. The van der Waals surface area contributed by atoms with Gasteiger partial charge >= 0.3 is 0 Å². The van der Waals surface area contributed by atoms with Crippen molar-refractivity contribution in [2.45, 2.75) is 4.90 Å². The average molecular weight is 380 g/mol. The minimum absolute atomic E-state index is 0.182. The fourth-order valence-electron chi connectivity index (χ4n) is 2.20. The van der Waals surface area contributed by atoms with E-state index in [1.54, 1.807) is 24.3 Å². The summed E-state index contributed by atoms with van der Waals surface area (Å²) in [6, 6.07) is 16.1. The fraction of sp³-hybridized carbons (Fsp3) is 0. The lowest BCUT2D eigenvalue weighted by atomic mass is 10.1. The van der Waals surface area contributed by atoms with Crippen LogP contribution in [0.15, 0.2) is 70.0 Å². The first-order valence-corrected chi connectivity index (χ1v) is 8.71. The summed E-state index contributed by atoms with van der Waals surface area (Å²) >= 11 is 3.16. The van der Waals surface area contributed by atoms with Gasteiger partial charge in [-0.15, -0.1) is 0 Å². The first-order valence-electron chi connectivity index (χ1n) is 6.43. The van der Waals surface area contributed by atoms with Gasteiger partial charge in [0.15, 0.2) is 0 Å². The maximum absolute atomic E-state index is 13.1. The first-order chi connectivity index (χ1) is 10.5. The summed E-state index contributed by atoms with van der Waals surface area (Å²) in [4.78, 5) is 0.182. The third-order valence-corrected chi connectivity index (χ3v) is 5.29. The second kappa shape index (κ2) is 5.70. The molecular weight excluding hydrogens is 369 g/mol. The van der Waals surface area contributed by atoms with Gasteiger partial charge in [-0.3, -0.25) is 4.72 Å². The van der Waals surface area contributed by atoms with Gasteiger partial charge in [0.05, 0.1) is 10.6 Å². The van der Waals surface area contributed by atoms with Crippen LogP contribution in [0.2, 0.25) is 0 Å². The van der Waals surface area contributed by atoms with Crippen LogP contribution in [0.3, 0.4) is 0 Å². The van der Waals surface area contributed by atoms with Crippen LogP contribution in [0.4, 0.5) is 10.1 Å². The molecule has 112 valence electrons. The minimum Gasteiger partial charge on any atom is -0.278 e. The summed E-state index contributed by atoms with van der Waals surface area (Å²) in [7, 11) is -3.78. The Labute approximate surface area is 136 Å². The third kappa shape index (κ3) is 2.84. The van der Waals surface area contributed by atoms with Gasteiger partial charge in [-0.1, -0.05) is 36.4 Å². The molecule has 22 heavy (non-hydrogen) atoms. The SMILES string of the molecule is O=S(=O)(Nc1ccc(F)cc1Br)c1cccc2ccccc12. The maximum atomic E-state index is 13.1. The van der Waals surface area contributed by atoms with E-state index in [0.29, 0.717) is 9.86 Å². The molecule has 0 aromatic heterocycles. The number of benzene rings is 3. The molecule has 0 spiro atoms. The van der Waals surface area contributed by atoms with Crippen molar-refractivity contribution in [1.29, 1.82) is 0 Å². The zero-order valence-electron chi connectivity index (χ0n) is 11.3. The smallest absolute Gasteiger partial charge is 0.262 e. The molecule has 0 unspecified atom stereocenters. The molecule has 0 saturated carbocycles. The third-order valence-electron chi connectivity index (χ3n) is 3.21. The van der Waals surface area contributed by atoms with Gasteiger partial charge in [0.25, 0.3) is 10.0 Å². The van der Waals surface area contributed by atoms with Crippen molar-refractivity contribution >= 4 is 42.4 Å². The number of halogens is 2. The Hall–Kier alpha value is -1.92. The number of hydrogen-bond donors (Lipinski definition) is 1. The molecule has 3 aromatic carbocycles. The van der Waals surface area contributed by atoms with Gasteiger partial charge in [-0.05, 0) is 45.6 Å². The molecule has 0 aliphatic heterocycles. The van der Waals surface area contributed by atoms with Crippen molar-refractivity contribution in [2.75, 3.05) is 4.72 Å². The largest absolute Gasteiger partial charge is 0.278 e. The monoisotopic (exact) mass is 379 g/mol. The van der Waals surface area contributed by atoms with Crippen LogP contribution in [0, 0.1) is 5.82 Å². The lowest BCUT2D eigenvalue weighted by Crippen LogP contribution is -2.13. The second-order valence-corrected chi connectivity index (χ2v) is 7.21. The topological polar surface area (TPSA) is 46.2 Å². The van der Waals surface area contributed by atoms with Crippen molar-refractivity contribution in [3.8, 4) is 0 Å². The Morgan fingerprint density at radius 2 is 1.68 bits per heavy atom. The van der Waals surface area contributed by atoms with E-state index in [1.807, 2.05) is 18.2 Å². The van der Waals surface area contributed by atoms with Crippen LogP contribution in [0.5, 0.6) is 0 Å². The number of anilines is 1. The molecule has 3 nitrogen and oxygen atoms in total. The van der Waals surface area contributed by atoms with Gasteiger partial charge in [0, 0.05) is 9.86 Å². The Morgan fingerprint density at radius 3 is 2.45 bits per heavy atom. The Bertz CT molecular complexity index is 952. The van der Waals surface area contributed by atoms with E-state index in [-0.39, 0.29) is 10.6 Å². The predicted molar refractivity (Wildman–Crippen MR) is 88.9 cm³/mol. The predicted octanol–water partition coefficient (Wildman–Crippen LogP) is 4.54. The van der Waals surface area contributed by atoms with Gasteiger partial charge in [0.1, 0.15) is 5.82 Å². The first kappa shape index (κ1) is 15.0. The summed E-state index contributed by atoms with van der Waals surface area (Å²) in [6.45, 7) is 0. The molecule has 0 radical (unpaired) electrons. The Balaban J connectivity index is 2.09. The standard InChI is InChI=1S/C16H11BrFNO2S/c17-14-10-12(18)8-9-15(14)19-22(20,21)16-7-3-5-11-4-1-2-6-13(11)16/h1-10,19H. The Kier molecular flexibility index (Phi) is 3.88. The highest BCUT2D eigenvalue weighted by atomic mass is 79.9. The van der Waals surface area contributed by atoms with Gasteiger partial charge in [-0.2, -0.15) is 0 Å². The minimum atomic E-state index is -3.78. The highest BCUT2D eigenvalue weighted by Crippen LogP contribution is 2.28. The molecule has 0 bridgehead atoms. The number of nitrogens with one attached hydrogen (secondary N) is 1. The number of rotatable bonds is 3. The highest BCUT2D eigenvalue weighted by Gasteiger charge is 2.18. The van der Waals surface area contributed by atoms with Crippen LogP contribution in [0.25, 0.3) is 10.8 Å². The molecule has 0 aliphatic carbocycles. The molecule has 0 heterocycles. The summed E-state index contributed by atoms with van der Waals surface area (Å²) < 4.78 is 41.2. The molecular formula is C16H11BrFNO2S.